The molecule has 0 amide bonds. The molecule has 0 spiro atoms. The fourth-order valence-corrected chi connectivity index (χ4v) is 3.28. The molecule has 2 fully saturated rings. The maximum Gasteiger partial charge on any atom is 0.110 e. The van der Waals surface area contributed by atoms with E-state index in [4.69, 9.17) is 0 Å². The van der Waals surface area contributed by atoms with Crippen LogP contribution in [0.5, 0.6) is 0 Å². The van der Waals surface area contributed by atoms with Crippen molar-refractivity contribution in [1.82, 2.24) is 10.3 Å². The summed E-state index contributed by atoms with van der Waals surface area (Å²) in [6.45, 7) is 1.17. The van der Waals surface area contributed by atoms with E-state index in [2.05, 4.69) is 16.5 Å². The van der Waals surface area contributed by atoms with Crippen LogP contribution >= 0.6 is 11.3 Å². The van der Waals surface area contributed by atoms with Crippen molar-refractivity contribution in [3.05, 3.63) is 16.1 Å². The molecule has 0 radical (unpaired) electrons. The first-order valence-corrected chi connectivity index (χ1v) is 6.44. The monoisotopic (exact) mass is 208 g/mol. The van der Waals surface area contributed by atoms with Crippen LogP contribution in [0.2, 0.25) is 0 Å². The fraction of sp³-hybridized carbons (Fsp3) is 0.727. The molecule has 1 saturated carbocycles. The average Bonchev–Trinajstić information content (AvgIpc) is 2.98. The van der Waals surface area contributed by atoms with Gasteiger partial charge in [0.15, 0.2) is 0 Å². The van der Waals surface area contributed by atoms with Gasteiger partial charge in [-0.15, -0.1) is 11.3 Å². The summed E-state index contributed by atoms with van der Waals surface area (Å²) in [6.07, 6.45) is 8.85. The third kappa shape index (κ3) is 1.71. The molecular weight excluding hydrogens is 192 g/mol. The number of hydrogen-bond donors (Lipinski definition) is 1. The summed E-state index contributed by atoms with van der Waals surface area (Å²) >= 11 is 1.94. The summed E-state index contributed by atoms with van der Waals surface area (Å²) in [5.41, 5.74) is 0. The van der Waals surface area contributed by atoms with Gasteiger partial charge in [-0.3, -0.25) is 0 Å². The van der Waals surface area contributed by atoms with Gasteiger partial charge in [0.25, 0.3) is 0 Å². The van der Waals surface area contributed by atoms with E-state index in [0.29, 0.717) is 6.04 Å². The maximum atomic E-state index is 4.56. The van der Waals surface area contributed by atoms with E-state index in [-0.39, 0.29) is 0 Å². The third-order valence-corrected chi connectivity index (χ3v) is 4.40. The normalized spacial score (nSPS) is 27.9. The minimum atomic E-state index is 0.557. The molecule has 1 atom stereocenters. The molecule has 1 N–H and O–H groups in total. The first kappa shape index (κ1) is 8.86. The minimum absolute atomic E-state index is 0.557. The molecule has 3 rings (SSSR count). The van der Waals surface area contributed by atoms with E-state index in [1.54, 1.807) is 0 Å². The zero-order chi connectivity index (χ0) is 9.38. The quantitative estimate of drug-likeness (QED) is 0.808. The van der Waals surface area contributed by atoms with E-state index in [9.17, 15) is 0 Å². The molecule has 1 aliphatic heterocycles. The summed E-state index contributed by atoms with van der Waals surface area (Å²) in [7, 11) is 0. The van der Waals surface area contributed by atoms with Crippen LogP contribution in [0.3, 0.4) is 0 Å². The highest BCUT2D eigenvalue weighted by Crippen LogP contribution is 2.43. The third-order valence-electron chi connectivity index (χ3n) is 3.13. The Kier molecular flexibility index (Phi) is 2.30. The highest BCUT2D eigenvalue weighted by molar-refractivity contribution is 7.11. The Bertz CT molecular complexity index is 311. The standard InChI is InChI=1S/C11H16N2S/c1-2-6-12-9(3-1)11-13-7-10(14-11)8-4-5-8/h7-9,12H,1-6H2. The molecule has 2 nitrogen and oxygen atoms in total. The maximum absolute atomic E-state index is 4.56. The van der Waals surface area contributed by atoms with E-state index in [1.807, 2.05) is 11.3 Å². The molecule has 2 heterocycles. The van der Waals surface area contributed by atoms with Gasteiger partial charge in [0, 0.05) is 11.1 Å². The highest BCUT2D eigenvalue weighted by atomic mass is 32.1. The van der Waals surface area contributed by atoms with Crippen LogP contribution in [-0.4, -0.2) is 11.5 Å². The first-order chi connectivity index (χ1) is 6.93. The molecule has 14 heavy (non-hydrogen) atoms. The van der Waals surface area contributed by atoms with E-state index in [0.717, 1.165) is 5.92 Å². The van der Waals surface area contributed by atoms with E-state index < -0.39 is 0 Å². The van der Waals surface area contributed by atoms with Crippen LogP contribution in [0.15, 0.2) is 6.20 Å². The Morgan fingerprint density at radius 3 is 2.93 bits per heavy atom. The first-order valence-electron chi connectivity index (χ1n) is 5.62. The lowest BCUT2D eigenvalue weighted by Crippen LogP contribution is -2.26. The van der Waals surface area contributed by atoms with Gasteiger partial charge in [0.1, 0.15) is 5.01 Å². The molecule has 76 valence electrons. The van der Waals surface area contributed by atoms with Crippen LogP contribution in [0.4, 0.5) is 0 Å². The highest BCUT2D eigenvalue weighted by Gasteiger charge is 2.27. The number of piperidine rings is 1. The second-order valence-electron chi connectivity index (χ2n) is 4.38. The van der Waals surface area contributed by atoms with Gasteiger partial charge >= 0.3 is 0 Å². The second-order valence-corrected chi connectivity index (χ2v) is 5.47. The SMILES string of the molecule is c1nc(C2CCCCN2)sc1C1CC1. The van der Waals surface area contributed by atoms with Crippen LogP contribution in [0.1, 0.15) is 53.9 Å². The molecule has 1 unspecified atom stereocenters. The number of hydrogen-bond acceptors (Lipinski definition) is 3. The smallest absolute Gasteiger partial charge is 0.110 e. The van der Waals surface area contributed by atoms with Crippen molar-refractivity contribution in [2.45, 2.75) is 44.1 Å². The van der Waals surface area contributed by atoms with Crippen LogP contribution in [-0.2, 0) is 0 Å². The zero-order valence-electron chi connectivity index (χ0n) is 8.33. The number of nitrogens with zero attached hydrogens (tertiary/aromatic N) is 1. The molecule has 1 aliphatic carbocycles. The second kappa shape index (κ2) is 3.63. The Morgan fingerprint density at radius 1 is 1.29 bits per heavy atom. The van der Waals surface area contributed by atoms with Gasteiger partial charge in [-0.2, -0.15) is 0 Å². The van der Waals surface area contributed by atoms with Gasteiger partial charge in [-0.25, -0.2) is 4.98 Å². The van der Waals surface area contributed by atoms with Gasteiger partial charge < -0.3 is 5.32 Å². The van der Waals surface area contributed by atoms with Gasteiger partial charge in [-0.05, 0) is 38.1 Å². The van der Waals surface area contributed by atoms with Crippen molar-refractivity contribution in [2.75, 3.05) is 6.54 Å². The molecule has 0 bridgehead atoms. The molecule has 0 aromatic carbocycles. The van der Waals surface area contributed by atoms with Crippen molar-refractivity contribution >= 4 is 11.3 Å². The Morgan fingerprint density at radius 2 is 2.21 bits per heavy atom. The molecule has 2 aliphatic rings. The predicted molar refractivity (Wildman–Crippen MR) is 58.7 cm³/mol. The van der Waals surface area contributed by atoms with Crippen LogP contribution in [0.25, 0.3) is 0 Å². The number of thiazole rings is 1. The molecule has 1 aromatic heterocycles. The average molecular weight is 208 g/mol. The Balaban J connectivity index is 1.74. The lowest BCUT2D eigenvalue weighted by Gasteiger charge is -2.21. The van der Waals surface area contributed by atoms with E-state index >= 15 is 0 Å². The topological polar surface area (TPSA) is 24.9 Å². The van der Waals surface area contributed by atoms with Gasteiger partial charge in [-0.1, -0.05) is 6.42 Å². The van der Waals surface area contributed by atoms with Crippen molar-refractivity contribution < 1.29 is 0 Å². The van der Waals surface area contributed by atoms with Crippen molar-refractivity contribution in [3.63, 3.8) is 0 Å². The lowest BCUT2D eigenvalue weighted by atomic mass is 10.1. The van der Waals surface area contributed by atoms with Crippen molar-refractivity contribution in [2.24, 2.45) is 0 Å². The number of aromatic nitrogens is 1. The van der Waals surface area contributed by atoms with Crippen LogP contribution < -0.4 is 5.32 Å². The Labute approximate surface area is 88.7 Å². The zero-order valence-corrected chi connectivity index (χ0v) is 9.15. The van der Waals surface area contributed by atoms with Crippen molar-refractivity contribution in [3.8, 4) is 0 Å². The molecule has 3 heteroatoms. The predicted octanol–water partition coefficient (Wildman–Crippen LogP) is 2.84. The number of nitrogens with one attached hydrogen (secondary N) is 1. The summed E-state index contributed by atoms with van der Waals surface area (Å²) in [5, 5.41) is 4.88. The molecule has 1 aromatic rings. The van der Waals surface area contributed by atoms with Crippen molar-refractivity contribution in [1.29, 1.82) is 0 Å². The summed E-state index contributed by atoms with van der Waals surface area (Å²) < 4.78 is 0. The molecule has 1 saturated heterocycles. The largest absolute Gasteiger partial charge is 0.308 e. The van der Waals surface area contributed by atoms with Crippen LogP contribution in [0, 0.1) is 0 Å². The molecular formula is C11H16N2S. The summed E-state index contributed by atoms with van der Waals surface area (Å²) in [4.78, 5) is 6.08. The Hall–Kier alpha value is -0.410. The lowest BCUT2D eigenvalue weighted by molar-refractivity contribution is 0.411. The fourth-order valence-electron chi connectivity index (χ4n) is 2.08. The van der Waals surface area contributed by atoms with Gasteiger partial charge in [0.2, 0.25) is 0 Å². The summed E-state index contributed by atoms with van der Waals surface area (Å²) in [5.74, 6) is 0.866. The minimum Gasteiger partial charge on any atom is -0.308 e. The van der Waals surface area contributed by atoms with E-state index in [1.165, 1.54) is 48.5 Å². The van der Waals surface area contributed by atoms with Gasteiger partial charge in [0.05, 0.1) is 6.04 Å². The number of rotatable bonds is 2. The summed E-state index contributed by atoms with van der Waals surface area (Å²) in [6, 6.07) is 0.557.